The Labute approximate surface area is 202 Å². The summed E-state index contributed by atoms with van der Waals surface area (Å²) in [6.07, 6.45) is 4.57. The number of benzene rings is 2. The fourth-order valence-electron chi connectivity index (χ4n) is 5.91. The normalized spacial score (nSPS) is 18.5. The highest BCUT2D eigenvalue weighted by Crippen LogP contribution is 2.39. The highest BCUT2D eigenvalue weighted by molar-refractivity contribution is 6.35. The molecule has 0 spiro atoms. The molecule has 0 saturated heterocycles. The molecule has 0 bridgehead atoms. The van der Waals surface area contributed by atoms with E-state index in [1.807, 2.05) is 19.1 Å². The van der Waals surface area contributed by atoms with Crippen molar-refractivity contribution in [3.8, 4) is 0 Å². The van der Waals surface area contributed by atoms with Crippen LogP contribution in [-0.2, 0) is 35.3 Å². The molecule has 1 unspecified atom stereocenters. The molecule has 1 aromatic heterocycles. The van der Waals surface area contributed by atoms with Crippen LogP contribution in [0, 0.1) is 11.7 Å². The summed E-state index contributed by atoms with van der Waals surface area (Å²) in [4.78, 5) is 24.9. The molecule has 0 saturated carbocycles. The van der Waals surface area contributed by atoms with Crippen molar-refractivity contribution in [1.82, 2.24) is 9.88 Å². The molecule has 5 rings (SSSR count). The topological polar surface area (TPSA) is 71.3 Å². The first kappa shape index (κ1) is 22.9. The first-order chi connectivity index (χ1) is 16.4. The average Bonchev–Trinajstić information content (AvgIpc) is 3.32. The molecule has 178 valence electrons. The van der Waals surface area contributed by atoms with Crippen molar-refractivity contribution in [2.75, 3.05) is 0 Å². The molecule has 5 nitrogen and oxygen atoms in total. The third kappa shape index (κ3) is 4.09. The standard InChI is InChI=1S/C27H28ClFN2O3/c1-2-23(27(33)34)31-24-8-7-19(14-20(24)21-12-18(29)13-22(28)26(21)31)30-25(32)11-15-9-16-5-3-4-6-17(16)10-15/h3-6,12-13,15,19,23H,2,7-11,14H2,1H3,(H,30,32)(H,33,34)/t19-,23?/m0/s1. The van der Waals surface area contributed by atoms with Crippen molar-refractivity contribution in [3.05, 3.63) is 69.6 Å². The zero-order chi connectivity index (χ0) is 24.0. The molecule has 1 heterocycles. The zero-order valence-electron chi connectivity index (χ0n) is 19.1. The van der Waals surface area contributed by atoms with Gasteiger partial charge in [0, 0.05) is 23.5 Å². The van der Waals surface area contributed by atoms with Crippen LogP contribution in [0.4, 0.5) is 4.39 Å². The Morgan fingerprint density at radius 1 is 1.21 bits per heavy atom. The maximum absolute atomic E-state index is 14.3. The maximum atomic E-state index is 14.3. The number of amides is 1. The van der Waals surface area contributed by atoms with E-state index in [4.69, 9.17) is 11.6 Å². The number of hydrogen-bond acceptors (Lipinski definition) is 2. The summed E-state index contributed by atoms with van der Waals surface area (Å²) in [6, 6.07) is 10.2. The monoisotopic (exact) mass is 482 g/mol. The van der Waals surface area contributed by atoms with E-state index in [1.54, 1.807) is 4.57 Å². The van der Waals surface area contributed by atoms with Crippen LogP contribution in [0.3, 0.4) is 0 Å². The van der Waals surface area contributed by atoms with Gasteiger partial charge in [-0.2, -0.15) is 0 Å². The van der Waals surface area contributed by atoms with E-state index in [9.17, 15) is 19.1 Å². The molecule has 7 heteroatoms. The Bertz CT molecular complexity index is 1260. The first-order valence-corrected chi connectivity index (χ1v) is 12.3. The summed E-state index contributed by atoms with van der Waals surface area (Å²) in [5.41, 5.74) is 5.00. The summed E-state index contributed by atoms with van der Waals surface area (Å²) in [5, 5.41) is 13.9. The lowest BCUT2D eigenvalue weighted by Gasteiger charge is -2.27. The van der Waals surface area contributed by atoms with Gasteiger partial charge in [-0.15, -0.1) is 0 Å². The fraction of sp³-hybridized carbons (Fsp3) is 0.407. The summed E-state index contributed by atoms with van der Waals surface area (Å²) in [6.45, 7) is 1.82. The van der Waals surface area contributed by atoms with Gasteiger partial charge in [-0.05, 0) is 73.3 Å². The van der Waals surface area contributed by atoms with Crippen molar-refractivity contribution in [1.29, 1.82) is 0 Å². The van der Waals surface area contributed by atoms with Crippen molar-refractivity contribution < 1.29 is 19.1 Å². The molecular formula is C27H28ClFN2O3. The summed E-state index contributed by atoms with van der Waals surface area (Å²) >= 11 is 6.42. The molecule has 2 aromatic carbocycles. The minimum absolute atomic E-state index is 0.0381. The third-order valence-corrected chi connectivity index (χ3v) is 7.66. The Morgan fingerprint density at radius 3 is 2.56 bits per heavy atom. The maximum Gasteiger partial charge on any atom is 0.326 e. The molecule has 34 heavy (non-hydrogen) atoms. The zero-order valence-corrected chi connectivity index (χ0v) is 19.9. The number of aliphatic carboxylic acids is 1. The number of aromatic nitrogens is 1. The second kappa shape index (κ2) is 9.06. The lowest BCUT2D eigenvalue weighted by molar-refractivity contribution is -0.141. The smallest absolute Gasteiger partial charge is 0.326 e. The molecule has 2 N–H and O–H groups in total. The summed E-state index contributed by atoms with van der Waals surface area (Å²) < 4.78 is 16.1. The predicted molar refractivity (Wildman–Crippen MR) is 130 cm³/mol. The lowest BCUT2D eigenvalue weighted by Crippen LogP contribution is -2.40. The summed E-state index contributed by atoms with van der Waals surface area (Å²) in [7, 11) is 0. The second-order valence-corrected chi connectivity index (χ2v) is 10.0. The number of nitrogens with one attached hydrogen (secondary N) is 1. The Kier molecular flexibility index (Phi) is 6.11. The van der Waals surface area contributed by atoms with Crippen LogP contribution in [-0.4, -0.2) is 27.6 Å². The molecule has 3 aromatic rings. The van der Waals surface area contributed by atoms with Crippen LogP contribution < -0.4 is 5.32 Å². The number of carbonyl (C=O) groups is 2. The molecule has 0 aliphatic heterocycles. The van der Waals surface area contributed by atoms with Crippen molar-refractivity contribution >= 4 is 34.4 Å². The Hall–Kier alpha value is -2.86. The Morgan fingerprint density at radius 2 is 1.91 bits per heavy atom. The van der Waals surface area contributed by atoms with Gasteiger partial charge in [0.2, 0.25) is 5.91 Å². The van der Waals surface area contributed by atoms with Gasteiger partial charge >= 0.3 is 5.97 Å². The van der Waals surface area contributed by atoms with Gasteiger partial charge in [0.05, 0.1) is 10.5 Å². The molecule has 0 fully saturated rings. The van der Waals surface area contributed by atoms with Crippen LogP contribution in [0.1, 0.15) is 54.6 Å². The number of nitrogens with zero attached hydrogens (tertiary/aromatic N) is 1. The van der Waals surface area contributed by atoms with Crippen LogP contribution >= 0.6 is 11.6 Å². The van der Waals surface area contributed by atoms with Gasteiger partial charge in [0.15, 0.2) is 0 Å². The van der Waals surface area contributed by atoms with Crippen molar-refractivity contribution in [3.63, 3.8) is 0 Å². The van der Waals surface area contributed by atoms with E-state index in [1.165, 1.54) is 23.3 Å². The van der Waals surface area contributed by atoms with Crippen LogP contribution in [0.5, 0.6) is 0 Å². The number of carboxylic acids is 1. The largest absolute Gasteiger partial charge is 0.480 e. The second-order valence-electron chi connectivity index (χ2n) is 9.60. The molecule has 2 atom stereocenters. The molecular weight excluding hydrogens is 455 g/mol. The predicted octanol–water partition coefficient (Wildman–Crippen LogP) is 5.25. The Balaban J connectivity index is 1.37. The van der Waals surface area contributed by atoms with E-state index < -0.39 is 17.8 Å². The number of hydrogen-bond donors (Lipinski definition) is 2. The van der Waals surface area contributed by atoms with Gasteiger partial charge in [0.1, 0.15) is 11.9 Å². The number of fused-ring (bicyclic) bond motifs is 4. The van der Waals surface area contributed by atoms with Gasteiger partial charge in [-0.25, -0.2) is 9.18 Å². The van der Waals surface area contributed by atoms with E-state index >= 15 is 0 Å². The fourth-order valence-corrected chi connectivity index (χ4v) is 6.21. The number of rotatable bonds is 6. The number of carboxylic acid groups (broad SMARTS) is 1. The highest BCUT2D eigenvalue weighted by atomic mass is 35.5. The highest BCUT2D eigenvalue weighted by Gasteiger charge is 2.32. The minimum atomic E-state index is -0.935. The van der Waals surface area contributed by atoms with E-state index in [0.717, 1.165) is 24.1 Å². The SMILES string of the molecule is CCC(C(=O)O)n1c2c(c3cc(F)cc(Cl)c31)C[C@@H](NC(=O)CC1Cc3ccccc3C1)CC2. The average molecular weight is 483 g/mol. The number of halogens is 2. The van der Waals surface area contributed by atoms with Crippen molar-refractivity contribution in [2.24, 2.45) is 5.92 Å². The quantitative estimate of drug-likeness (QED) is 0.504. The third-order valence-electron chi connectivity index (χ3n) is 7.37. The van der Waals surface area contributed by atoms with Crippen LogP contribution in [0.15, 0.2) is 36.4 Å². The van der Waals surface area contributed by atoms with Crippen LogP contribution in [0.25, 0.3) is 10.9 Å². The molecule has 2 aliphatic rings. The molecule has 1 amide bonds. The number of carbonyl (C=O) groups excluding carboxylic acids is 1. The van der Waals surface area contributed by atoms with Gasteiger partial charge in [-0.1, -0.05) is 42.8 Å². The van der Waals surface area contributed by atoms with Gasteiger partial charge < -0.3 is 15.0 Å². The lowest BCUT2D eigenvalue weighted by atomic mass is 9.90. The van der Waals surface area contributed by atoms with Crippen molar-refractivity contribution in [2.45, 2.75) is 64.0 Å². The summed E-state index contributed by atoms with van der Waals surface area (Å²) in [5.74, 6) is -1.04. The van der Waals surface area contributed by atoms with E-state index in [-0.39, 0.29) is 17.0 Å². The van der Waals surface area contributed by atoms with Crippen LogP contribution in [0.2, 0.25) is 5.02 Å². The molecule has 0 radical (unpaired) electrons. The van der Waals surface area contributed by atoms with Gasteiger partial charge in [0.25, 0.3) is 0 Å². The minimum Gasteiger partial charge on any atom is -0.480 e. The van der Waals surface area contributed by atoms with E-state index in [2.05, 4.69) is 17.4 Å². The van der Waals surface area contributed by atoms with Gasteiger partial charge in [-0.3, -0.25) is 4.79 Å². The first-order valence-electron chi connectivity index (χ1n) is 11.9. The van der Waals surface area contributed by atoms with E-state index in [0.29, 0.717) is 48.9 Å². The molecule has 2 aliphatic carbocycles.